The Kier molecular flexibility index (Phi) is 11.2. The molecule has 1 atom stereocenters. The van der Waals surface area contributed by atoms with Crippen LogP contribution in [0.2, 0.25) is 10.0 Å². The minimum atomic E-state index is -0.376. The van der Waals surface area contributed by atoms with Crippen LogP contribution in [0.3, 0.4) is 0 Å². The number of aromatic nitrogens is 1. The molecule has 2 aromatic rings. The number of hydrogen-bond acceptors (Lipinski definition) is 6. The smallest absolute Gasteiger partial charge is 0.254 e. The second-order valence-corrected chi connectivity index (χ2v) is 11.3. The molecule has 2 N–H and O–H groups in total. The number of rotatable bonds is 11. The minimum absolute atomic E-state index is 0.0897. The zero-order valence-electron chi connectivity index (χ0n) is 21.6. The van der Waals surface area contributed by atoms with Crippen LogP contribution in [0, 0.1) is 0 Å². The quantitative estimate of drug-likeness (QED) is 0.378. The van der Waals surface area contributed by atoms with E-state index in [0.717, 1.165) is 19.5 Å². The summed E-state index contributed by atoms with van der Waals surface area (Å²) in [6.07, 6.45) is 4.88. The molecule has 0 spiro atoms. The predicted molar refractivity (Wildman–Crippen MR) is 150 cm³/mol. The first kappa shape index (κ1) is 29.4. The number of halogens is 2. The maximum Gasteiger partial charge on any atom is 0.254 e. The van der Waals surface area contributed by atoms with Crippen molar-refractivity contribution in [3.8, 4) is 0 Å². The molecule has 1 aliphatic heterocycles. The molecule has 1 aromatic carbocycles. The van der Waals surface area contributed by atoms with Crippen molar-refractivity contribution in [3.63, 3.8) is 0 Å². The summed E-state index contributed by atoms with van der Waals surface area (Å²) in [6, 6.07) is 5.02. The zero-order valence-corrected chi connectivity index (χ0v) is 23.9. The van der Waals surface area contributed by atoms with Crippen LogP contribution in [-0.4, -0.2) is 70.8 Å². The van der Waals surface area contributed by atoms with Gasteiger partial charge < -0.3 is 20.4 Å². The number of carbonyl (C=O) groups is 3. The highest BCUT2D eigenvalue weighted by molar-refractivity contribution is 7.13. The van der Waals surface area contributed by atoms with Crippen LogP contribution in [0.4, 0.5) is 5.13 Å². The fourth-order valence-electron chi connectivity index (χ4n) is 4.27. The van der Waals surface area contributed by atoms with E-state index in [9.17, 15) is 14.4 Å². The highest BCUT2D eigenvalue weighted by Crippen LogP contribution is 2.24. The molecule has 8 nitrogen and oxygen atoms in total. The first-order valence-electron chi connectivity index (χ1n) is 12.6. The minimum Gasteiger partial charge on any atom is -0.356 e. The Balaban J connectivity index is 1.44. The Morgan fingerprint density at radius 2 is 1.97 bits per heavy atom. The van der Waals surface area contributed by atoms with Gasteiger partial charge in [-0.1, -0.05) is 29.6 Å². The van der Waals surface area contributed by atoms with Crippen LogP contribution in [0.25, 0.3) is 0 Å². The molecule has 1 saturated heterocycles. The summed E-state index contributed by atoms with van der Waals surface area (Å²) in [4.78, 5) is 46.3. The predicted octanol–water partition coefficient (Wildman–Crippen LogP) is 4.86. The summed E-state index contributed by atoms with van der Waals surface area (Å²) >= 11 is 13.2. The van der Waals surface area contributed by atoms with Crippen molar-refractivity contribution in [1.82, 2.24) is 20.1 Å². The molecular weight excluding hydrogens is 533 g/mol. The number of likely N-dealkylation sites (tertiary alicyclic amines) is 1. The molecular formula is C26H35Cl2N5O3S. The van der Waals surface area contributed by atoms with Crippen molar-refractivity contribution in [2.75, 3.05) is 31.5 Å². The van der Waals surface area contributed by atoms with Gasteiger partial charge in [0.05, 0.1) is 22.2 Å². The van der Waals surface area contributed by atoms with Gasteiger partial charge in [0.1, 0.15) is 6.54 Å². The second kappa shape index (κ2) is 14.1. The van der Waals surface area contributed by atoms with Crippen LogP contribution < -0.4 is 10.6 Å². The lowest BCUT2D eigenvalue weighted by Gasteiger charge is -2.33. The van der Waals surface area contributed by atoms with Gasteiger partial charge in [0.15, 0.2) is 5.13 Å². The van der Waals surface area contributed by atoms with Gasteiger partial charge in [-0.2, -0.15) is 0 Å². The molecule has 0 radical (unpaired) electrons. The molecule has 0 aliphatic carbocycles. The molecule has 3 rings (SSSR count). The maximum absolute atomic E-state index is 13.0. The van der Waals surface area contributed by atoms with Gasteiger partial charge in [0.2, 0.25) is 11.8 Å². The molecule has 2 heterocycles. The highest BCUT2D eigenvalue weighted by atomic mass is 35.5. The lowest BCUT2D eigenvalue weighted by Crippen LogP contribution is -2.42. The number of thiazole rings is 1. The molecule has 0 saturated carbocycles. The van der Waals surface area contributed by atoms with Crippen molar-refractivity contribution in [2.24, 2.45) is 0 Å². The van der Waals surface area contributed by atoms with Gasteiger partial charge in [-0.3, -0.25) is 14.4 Å². The summed E-state index contributed by atoms with van der Waals surface area (Å²) in [5, 5.41) is 8.46. The van der Waals surface area contributed by atoms with E-state index < -0.39 is 0 Å². The Morgan fingerprint density at radius 1 is 1.19 bits per heavy atom. The van der Waals surface area contributed by atoms with Crippen molar-refractivity contribution in [1.29, 1.82) is 0 Å². The SMILES string of the molecule is CC1CCCCN1CCCNC(=O)Cc1csc(NC(=O)CN(C(=O)c2ccc(Cl)c(Cl)c2)C(C)C)n1. The number of carbonyl (C=O) groups excluding carboxylic acids is 3. The van der Waals surface area contributed by atoms with E-state index in [-0.39, 0.29) is 41.8 Å². The van der Waals surface area contributed by atoms with Crippen molar-refractivity contribution >= 4 is 57.4 Å². The van der Waals surface area contributed by atoms with Gasteiger partial charge in [0.25, 0.3) is 5.91 Å². The lowest BCUT2D eigenvalue weighted by molar-refractivity contribution is -0.120. The number of hydrogen-bond donors (Lipinski definition) is 2. The topological polar surface area (TPSA) is 94.6 Å². The summed E-state index contributed by atoms with van der Waals surface area (Å²) in [6.45, 7) is 8.54. The van der Waals surface area contributed by atoms with E-state index in [4.69, 9.17) is 23.2 Å². The maximum atomic E-state index is 13.0. The largest absolute Gasteiger partial charge is 0.356 e. The number of nitrogens with one attached hydrogen (secondary N) is 2. The molecule has 0 bridgehead atoms. The number of nitrogens with zero attached hydrogens (tertiary/aromatic N) is 3. The van der Waals surface area contributed by atoms with Crippen molar-refractivity contribution in [3.05, 3.63) is 44.9 Å². The lowest BCUT2D eigenvalue weighted by atomic mass is 10.0. The molecule has 1 unspecified atom stereocenters. The third kappa shape index (κ3) is 8.95. The van der Waals surface area contributed by atoms with Gasteiger partial charge in [0, 0.05) is 36.1 Å². The molecule has 37 heavy (non-hydrogen) atoms. The van der Waals surface area contributed by atoms with Gasteiger partial charge in [-0.05, 0) is 64.8 Å². The zero-order chi connectivity index (χ0) is 26.9. The average molecular weight is 569 g/mol. The Bertz CT molecular complexity index is 1090. The summed E-state index contributed by atoms with van der Waals surface area (Å²) in [5.41, 5.74) is 0.943. The van der Waals surface area contributed by atoms with E-state index in [2.05, 4.69) is 27.4 Å². The summed E-state index contributed by atoms with van der Waals surface area (Å²) in [7, 11) is 0. The first-order chi connectivity index (χ1) is 17.6. The fraction of sp³-hybridized carbons (Fsp3) is 0.538. The number of piperidine rings is 1. The van der Waals surface area contributed by atoms with Crippen LogP contribution in [0.5, 0.6) is 0 Å². The standard InChI is InChI=1S/C26H35Cl2N5O3S/c1-17(2)33(25(36)19-8-9-21(27)22(28)13-19)15-24(35)31-26-30-20(16-37-26)14-23(34)29-10-6-12-32-11-5-4-7-18(32)3/h8-9,13,16-18H,4-7,10-12,14-15H2,1-3H3,(H,29,34)(H,30,31,35). The third-order valence-electron chi connectivity index (χ3n) is 6.39. The monoisotopic (exact) mass is 567 g/mol. The van der Waals surface area contributed by atoms with Crippen LogP contribution in [0.1, 0.15) is 62.5 Å². The van der Waals surface area contributed by atoms with E-state index in [1.165, 1.54) is 41.6 Å². The van der Waals surface area contributed by atoms with E-state index in [1.807, 2.05) is 13.8 Å². The molecule has 202 valence electrons. The highest BCUT2D eigenvalue weighted by Gasteiger charge is 2.23. The third-order valence-corrected chi connectivity index (χ3v) is 7.93. The van der Waals surface area contributed by atoms with E-state index in [1.54, 1.807) is 17.5 Å². The van der Waals surface area contributed by atoms with Crippen LogP contribution in [0.15, 0.2) is 23.6 Å². The average Bonchev–Trinajstić information content (AvgIpc) is 3.28. The Labute approximate surface area is 232 Å². The molecule has 1 fully saturated rings. The number of anilines is 1. The fourth-order valence-corrected chi connectivity index (χ4v) is 5.29. The first-order valence-corrected chi connectivity index (χ1v) is 14.3. The Morgan fingerprint density at radius 3 is 2.68 bits per heavy atom. The number of benzene rings is 1. The number of amides is 3. The van der Waals surface area contributed by atoms with Crippen molar-refractivity contribution in [2.45, 2.75) is 65.0 Å². The van der Waals surface area contributed by atoms with Gasteiger partial charge >= 0.3 is 0 Å². The summed E-state index contributed by atoms with van der Waals surface area (Å²) < 4.78 is 0. The summed E-state index contributed by atoms with van der Waals surface area (Å²) in [5.74, 6) is -0.789. The van der Waals surface area contributed by atoms with Crippen LogP contribution >= 0.6 is 34.5 Å². The molecule has 1 aromatic heterocycles. The van der Waals surface area contributed by atoms with Crippen molar-refractivity contribution < 1.29 is 14.4 Å². The van der Waals surface area contributed by atoms with E-state index in [0.29, 0.717) is 34.0 Å². The van der Waals surface area contributed by atoms with Gasteiger partial charge in [-0.15, -0.1) is 11.3 Å². The van der Waals surface area contributed by atoms with Crippen LogP contribution in [-0.2, 0) is 16.0 Å². The van der Waals surface area contributed by atoms with Gasteiger partial charge in [-0.25, -0.2) is 4.98 Å². The van der Waals surface area contributed by atoms with E-state index >= 15 is 0 Å². The second-order valence-electron chi connectivity index (χ2n) is 9.61. The Hall–Kier alpha value is -2.20. The molecule has 3 amide bonds. The molecule has 11 heteroatoms. The molecule has 1 aliphatic rings. The normalized spacial score (nSPS) is 16.0.